The SMILES string of the molecule is CC[C@@H](O)/C=C/[C@H]1[C@H](O)CC(=O)[C@H]1CCCCCCCC(=O)O. The van der Waals surface area contributed by atoms with Gasteiger partial charge in [-0.2, -0.15) is 0 Å². The second-order valence-electron chi connectivity index (χ2n) is 6.48. The largest absolute Gasteiger partial charge is 0.481 e. The Morgan fingerprint density at radius 3 is 2.57 bits per heavy atom. The lowest BCUT2D eigenvalue weighted by Crippen LogP contribution is -2.19. The molecule has 0 radical (unpaired) electrons. The normalized spacial score (nSPS) is 26.0. The van der Waals surface area contributed by atoms with Crippen molar-refractivity contribution in [3.05, 3.63) is 12.2 Å². The van der Waals surface area contributed by atoms with Crippen LogP contribution >= 0.6 is 0 Å². The summed E-state index contributed by atoms with van der Waals surface area (Å²) < 4.78 is 0. The number of carboxylic acid groups (broad SMARTS) is 1. The fraction of sp³-hybridized carbons (Fsp3) is 0.778. The summed E-state index contributed by atoms with van der Waals surface area (Å²) in [6.45, 7) is 1.88. The lowest BCUT2D eigenvalue weighted by molar-refractivity contribution is -0.137. The van der Waals surface area contributed by atoms with Crippen molar-refractivity contribution in [3.63, 3.8) is 0 Å². The van der Waals surface area contributed by atoms with Gasteiger partial charge in [0.2, 0.25) is 0 Å². The van der Waals surface area contributed by atoms with Gasteiger partial charge in [-0.15, -0.1) is 0 Å². The van der Waals surface area contributed by atoms with Crippen LogP contribution in [-0.4, -0.2) is 39.3 Å². The summed E-state index contributed by atoms with van der Waals surface area (Å²) >= 11 is 0. The maximum Gasteiger partial charge on any atom is 0.303 e. The van der Waals surface area contributed by atoms with Crippen LogP contribution in [0.4, 0.5) is 0 Å². The van der Waals surface area contributed by atoms with Crippen LogP contribution < -0.4 is 0 Å². The van der Waals surface area contributed by atoms with Crippen LogP contribution in [0.2, 0.25) is 0 Å². The van der Waals surface area contributed by atoms with Gasteiger partial charge in [0.25, 0.3) is 0 Å². The second kappa shape index (κ2) is 10.6. The average molecular weight is 326 g/mol. The van der Waals surface area contributed by atoms with Crippen LogP contribution in [0.25, 0.3) is 0 Å². The fourth-order valence-electron chi connectivity index (χ4n) is 3.16. The number of carbonyl (C=O) groups excluding carboxylic acids is 1. The highest BCUT2D eigenvalue weighted by molar-refractivity contribution is 5.84. The van der Waals surface area contributed by atoms with Crippen molar-refractivity contribution >= 4 is 11.8 Å². The molecule has 132 valence electrons. The highest BCUT2D eigenvalue weighted by Crippen LogP contribution is 2.34. The lowest BCUT2D eigenvalue weighted by atomic mass is 9.88. The Labute approximate surface area is 138 Å². The first-order valence-electron chi connectivity index (χ1n) is 8.74. The van der Waals surface area contributed by atoms with E-state index in [4.69, 9.17) is 5.11 Å². The predicted octanol–water partition coefficient (Wildman–Crippen LogP) is 2.69. The number of carboxylic acids is 1. The Bertz CT molecular complexity index is 404. The van der Waals surface area contributed by atoms with Gasteiger partial charge in [0.15, 0.2) is 0 Å². The van der Waals surface area contributed by atoms with Crippen molar-refractivity contribution in [1.29, 1.82) is 0 Å². The van der Waals surface area contributed by atoms with Gasteiger partial charge >= 0.3 is 5.97 Å². The highest BCUT2D eigenvalue weighted by atomic mass is 16.4. The van der Waals surface area contributed by atoms with Gasteiger partial charge < -0.3 is 15.3 Å². The summed E-state index contributed by atoms with van der Waals surface area (Å²) in [6.07, 6.45) is 8.62. The van der Waals surface area contributed by atoms with Crippen LogP contribution in [0.5, 0.6) is 0 Å². The monoisotopic (exact) mass is 326 g/mol. The molecule has 0 amide bonds. The number of Topliss-reactive ketones (excluding diaryl/α,β-unsaturated/α-hetero) is 1. The molecule has 5 heteroatoms. The first-order valence-corrected chi connectivity index (χ1v) is 8.74. The van der Waals surface area contributed by atoms with Crippen molar-refractivity contribution < 1.29 is 24.9 Å². The maximum absolute atomic E-state index is 12.0. The number of rotatable bonds is 11. The van der Waals surface area contributed by atoms with Gasteiger partial charge in [-0.05, 0) is 19.3 Å². The Hall–Kier alpha value is -1.20. The minimum absolute atomic E-state index is 0.115. The molecule has 1 saturated carbocycles. The predicted molar refractivity (Wildman–Crippen MR) is 88.0 cm³/mol. The summed E-state index contributed by atoms with van der Waals surface area (Å²) in [6, 6.07) is 0. The number of aliphatic carboxylic acids is 1. The topological polar surface area (TPSA) is 94.8 Å². The molecule has 1 aliphatic carbocycles. The number of unbranched alkanes of at least 4 members (excludes halogenated alkanes) is 4. The molecule has 0 unspecified atom stereocenters. The summed E-state index contributed by atoms with van der Waals surface area (Å²) in [5, 5.41) is 28.2. The summed E-state index contributed by atoms with van der Waals surface area (Å²) in [7, 11) is 0. The zero-order valence-corrected chi connectivity index (χ0v) is 14.0. The molecule has 0 aromatic rings. The number of aliphatic hydroxyl groups is 2. The van der Waals surface area contributed by atoms with E-state index < -0.39 is 18.2 Å². The van der Waals surface area contributed by atoms with E-state index >= 15 is 0 Å². The lowest BCUT2D eigenvalue weighted by Gasteiger charge is -2.17. The van der Waals surface area contributed by atoms with Crippen LogP contribution in [-0.2, 0) is 9.59 Å². The molecule has 0 aromatic heterocycles. The minimum atomic E-state index is -0.751. The molecule has 4 atom stereocenters. The fourth-order valence-corrected chi connectivity index (χ4v) is 3.16. The molecule has 0 heterocycles. The minimum Gasteiger partial charge on any atom is -0.481 e. The number of aliphatic hydroxyl groups excluding tert-OH is 2. The van der Waals surface area contributed by atoms with Crippen molar-refractivity contribution in [1.82, 2.24) is 0 Å². The summed E-state index contributed by atoms with van der Waals surface area (Å²) in [5.41, 5.74) is 0. The molecular weight excluding hydrogens is 296 g/mol. The molecule has 0 saturated heterocycles. The number of hydrogen-bond acceptors (Lipinski definition) is 4. The maximum atomic E-state index is 12.0. The molecule has 0 bridgehead atoms. The molecule has 5 nitrogen and oxygen atoms in total. The molecule has 0 spiro atoms. The van der Waals surface area contributed by atoms with Crippen molar-refractivity contribution in [2.75, 3.05) is 0 Å². The van der Waals surface area contributed by atoms with Crippen LogP contribution in [0.15, 0.2) is 12.2 Å². The van der Waals surface area contributed by atoms with Crippen LogP contribution in [0.3, 0.4) is 0 Å². The average Bonchev–Trinajstić information content (AvgIpc) is 2.77. The quantitative estimate of drug-likeness (QED) is 0.401. The Morgan fingerprint density at radius 1 is 1.26 bits per heavy atom. The molecule has 1 rings (SSSR count). The van der Waals surface area contributed by atoms with Gasteiger partial charge in [0, 0.05) is 24.7 Å². The Balaban J connectivity index is 2.33. The second-order valence-corrected chi connectivity index (χ2v) is 6.48. The number of ketones is 1. The first-order chi connectivity index (χ1) is 11.0. The van der Waals surface area contributed by atoms with Gasteiger partial charge in [0.1, 0.15) is 5.78 Å². The third-order valence-corrected chi connectivity index (χ3v) is 4.61. The van der Waals surface area contributed by atoms with E-state index in [0.29, 0.717) is 12.8 Å². The van der Waals surface area contributed by atoms with Gasteiger partial charge in [-0.1, -0.05) is 44.8 Å². The summed E-state index contributed by atoms with van der Waals surface area (Å²) in [4.78, 5) is 22.4. The van der Waals surface area contributed by atoms with Crippen molar-refractivity contribution in [2.24, 2.45) is 11.8 Å². The van der Waals surface area contributed by atoms with Crippen molar-refractivity contribution in [2.45, 2.75) is 76.9 Å². The number of hydrogen-bond donors (Lipinski definition) is 3. The third kappa shape index (κ3) is 7.27. The van der Waals surface area contributed by atoms with Crippen LogP contribution in [0.1, 0.15) is 64.7 Å². The first kappa shape index (κ1) is 19.8. The Morgan fingerprint density at radius 2 is 1.91 bits per heavy atom. The zero-order valence-electron chi connectivity index (χ0n) is 14.0. The highest BCUT2D eigenvalue weighted by Gasteiger charge is 2.39. The van der Waals surface area contributed by atoms with Gasteiger partial charge in [-0.3, -0.25) is 9.59 Å². The van der Waals surface area contributed by atoms with E-state index in [0.717, 1.165) is 32.1 Å². The number of carbonyl (C=O) groups is 2. The van der Waals surface area contributed by atoms with Crippen LogP contribution in [0, 0.1) is 11.8 Å². The molecule has 0 aliphatic heterocycles. The zero-order chi connectivity index (χ0) is 17.2. The van der Waals surface area contributed by atoms with Gasteiger partial charge in [0.05, 0.1) is 12.2 Å². The van der Waals surface area contributed by atoms with Crippen molar-refractivity contribution in [3.8, 4) is 0 Å². The molecule has 0 aromatic carbocycles. The summed E-state index contributed by atoms with van der Waals surface area (Å²) in [5.74, 6) is -0.969. The van der Waals surface area contributed by atoms with E-state index in [1.807, 2.05) is 6.92 Å². The van der Waals surface area contributed by atoms with Gasteiger partial charge in [-0.25, -0.2) is 0 Å². The molecular formula is C18H30O5. The molecule has 1 aliphatic rings. The van der Waals surface area contributed by atoms with E-state index in [9.17, 15) is 19.8 Å². The standard InChI is InChI=1S/C18H30O5/c1-2-13(19)10-11-15-14(16(20)12-17(15)21)8-6-4-3-5-7-9-18(22)23/h10-11,13-15,17,19,21H,2-9,12H2,1H3,(H,22,23)/b11-10+/t13-,14+,15-,17-/m1/s1. The van der Waals surface area contributed by atoms with E-state index in [1.54, 1.807) is 12.2 Å². The van der Waals surface area contributed by atoms with E-state index in [-0.39, 0.29) is 30.5 Å². The van der Waals surface area contributed by atoms with E-state index in [2.05, 4.69) is 0 Å². The molecule has 1 fully saturated rings. The van der Waals surface area contributed by atoms with E-state index in [1.165, 1.54) is 0 Å². The Kier molecular flexibility index (Phi) is 9.10. The molecule has 23 heavy (non-hydrogen) atoms. The smallest absolute Gasteiger partial charge is 0.303 e. The third-order valence-electron chi connectivity index (χ3n) is 4.61. The molecule has 3 N–H and O–H groups in total.